The standard InChI is InChI=1S/C15H22ClNO2/c1-15(2)11-17(10-13(8-16)19-15)9-12-6-4-5-7-14(12)18-3/h4-7,13H,8-11H2,1-3H3. The average Bonchev–Trinajstić information content (AvgIpc) is 2.37. The summed E-state index contributed by atoms with van der Waals surface area (Å²) in [6.07, 6.45) is 0.0973. The smallest absolute Gasteiger partial charge is 0.123 e. The molecule has 106 valence electrons. The zero-order valence-electron chi connectivity index (χ0n) is 11.9. The molecule has 1 aliphatic rings. The molecule has 0 amide bonds. The number of alkyl halides is 1. The third-order valence-corrected chi connectivity index (χ3v) is 3.65. The summed E-state index contributed by atoms with van der Waals surface area (Å²) in [6, 6.07) is 8.15. The molecule has 0 bridgehead atoms. The molecule has 4 heteroatoms. The molecule has 1 unspecified atom stereocenters. The van der Waals surface area contributed by atoms with Gasteiger partial charge in [0.15, 0.2) is 0 Å². The van der Waals surface area contributed by atoms with Crippen molar-refractivity contribution < 1.29 is 9.47 Å². The Hall–Kier alpha value is -0.770. The molecule has 3 nitrogen and oxygen atoms in total. The van der Waals surface area contributed by atoms with E-state index in [4.69, 9.17) is 21.1 Å². The Balaban J connectivity index is 2.09. The minimum Gasteiger partial charge on any atom is -0.496 e. The molecule has 1 heterocycles. The monoisotopic (exact) mass is 283 g/mol. The number of hydrogen-bond donors (Lipinski definition) is 0. The van der Waals surface area contributed by atoms with E-state index in [1.807, 2.05) is 18.2 Å². The molecular formula is C15H22ClNO2. The van der Waals surface area contributed by atoms with E-state index >= 15 is 0 Å². The van der Waals surface area contributed by atoms with E-state index in [0.717, 1.165) is 25.4 Å². The van der Waals surface area contributed by atoms with Crippen molar-refractivity contribution in [3.05, 3.63) is 29.8 Å². The number of ether oxygens (including phenoxy) is 2. The summed E-state index contributed by atoms with van der Waals surface area (Å²) in [7, 11) is 1.71. The Morgan fingerprint density at radius 1 is 1.42 bits per heavy atom. The maximum Gasteiger partial charge on any atom is 0.123 e. The SMILES string of the molecule is COc1ccccc1CN1CC(CCl)OC(C)(C)C1. The van der Waals surface area contributed by atoms with Crippen LogP contribution < -0.4 is 4.74 Å². The van der Waals surface area contributed by atoms with Crippen LogP contribution in [0.25, 0.3) is 0 Å². The Morgan fingerprint density at radius 3 is 2.84 bits per heavy atom. The first-order chi connectivity index (χ1) is 9.04. The zero-order valence-corrected chi connectivity index (χ0v) is 12.6. The van der Waals surface area contributed by atoms with Gasteiger partial charge >= 0.3 is 0 Å². The lowest BCUT2D eigenvalue weighted by molar-refractivity contribution is -0.129. The Labute approximate surface area is 120 Å². The Kier molecular flexibility index (Phi) is 4.71. The molecule has 2 rings (SSSR count). The minimum atomic E-state index is -0.153. The van der Waals surface area contributed by atoms with Crippen molar-refractivity contribution in [1.82, 2.24) is 4.90 Å². The quantitative estimate of drug-likeness (QED) is 0.793. The molecule has 19 heavy (non-hydrogen) atoms. The minimum absolute atomic E-state index is 0.0973. The van der Waals surface area contributed by atoms with Gasteiger partial charge in [-0.15, -0.1) is 11.6 Å². The lowest BCUT2D eigenvalue weighted by Crippen LogP contribution is -2.52. The molecule has 0 N–H and O–H groups in total. The largest absolute Gasteiger partial charge is 0.496 e. The van der Waals surface area contributed by atoms with Gasteiger partial charge in [-0.2, -0.15) is 0 Å². The molecule has 1 aromatic carbocycles. The molecule has 0 aliphatic carbocycles. The van der Waals surface area contributed by atoms with E-state index in [-0.39, 0.29) is 11.7 Å². The number of para-hydroxylation sites is 1. The number of rotatable bonds is 4. The first-order valence-electron chi connectivity index (χ1n) is 6.62. The Morgan fingerprint density at radius 2 is 2.16 bits per heavy atom. The molecule has 1 aliphatic heterocycles. The van der Waals surface area contributed by atoms with Crippen LogP contribution >= 0.6 is 11.6 Å². The van der Waals surface area contributed by atoms with Crippen molar-refractivity contribution in [3.63, 3.8) is 0 Å². The van der Waals surface area contributed by atoms with E-state index in [9.17, 15) is 0 Å². The molecule has 1 aromatic rings. The third kappa shape index (κ3) is 3.85. The fraction of sp³-hybridized carbons (Fsp3) is 0.600. The topological polar surface area (TPSA) is 21.7 Å². The number of morpholine rings is 1. The van der Waals surface area contributed by atoms with E-state index in [1.165, 1.54) is 5.56 Å². The second-order valence-corrected chi connectivity index (χ2v) is 5.94. The van der Waals surface area contributed by atoms with Crippen LogP contribution in [0.4, 0.5) is 0 Å². The second kappa shape index (κ2) is 6.12. The molecule has 1 fully saturated rings. The maximum atomic E-state index is 5.96. The van der Waals surface area contributed by atoms with Gasteiger partial charge in [-0.1, -0.05) is 18.2 Å². The van der Waals surface area contributed by atoms with Gasteiger partial charge in [-0.05, 0) is 19.9 Å². The number of benzene rings is 1. The van der Waals surface area contributed by atoms with Gasteiger partial charge in [0.1, 0.15) is 5.75 Å². The van der Waals surface area contributed by atoms with Crippen LogP contribution in [0.1, 0.15) is 19.4 Å². The van der Waals surface area contributed by atoms with Crippen LogP contribution in [0.5, 0.6) is 5.75 Å². The van der Waals surface area contributed by atoms with Crippen LogP contribution in [-0.2, 0) is 11.3 Å². The summed E-state index contributed by atoms with van der Waals surface area (Å²) in [4.78, 5) is 2.38. The van der Waals surface area contributed by atoms with Crippen LogP contribution in [0, 0.1) is 0 Å². The van der Waals surface area contributed by atoms with E-state index in [0.29, 0.717) is 5.88 Å². The van der Waals surface area contributed by atoms with E-state index < -0.39 is 0 Å². The van der Waals surface area contributed by atoms with Crippen molar-refractivity contribution in [2.75, 3.05) is 26.1 Å². The van der Waals surface area contributed by atoms with Gasteiger partial charge in [0.25, 0.3) is 0 Å². The highest BCUT2D eigenvalue weighted by atomic mass is 35.5. The summed E-state index contributed by atoms with van der Waals surface area (Å²) < 4.78 is 11.4. The zero-order chi connectivity index (χ0) is 13.9. The first-order valence-corrected chi connectivity index (χ1v) is 7.15. The lowest BCUT2D eigenvalue weighted by Gasteiger charge is -2.42. The van der Waals surface area contributed by atoms with Crippen molar-refractivity contribution in [3.8, 4) is 5.75 Å². The number of nitrogens with zero attached hydrogens (tertiary/aromatic N) is 1. The fourth-order valence-corrected chi connectivity index (χ4v) is 2.85. The highest BCUT2D eigenvalue weighted by molar-refractivity contribution is 6.18. The molecule has 1 saturated heterocycles. The van der Waals surface area contributed by atoms with Crippen molar-refractivity contribution in [2.24, 2.45) is 0 Å². The van der Waals surface area contributed by atoms with Gasteiger partial charge in [0.05, 0.1) is 18.8 Å². The van der Waals surface area contributed by atoms with Crippen molar-refractivity contribution >= 4 is 11.6 Å². The fourth-order valence-electron chi connectivity index (χ4n) is 2.69. The van der Waals surface area contributed by atoms with Crippen molar-refractivity contribution in [1.29, 1.82) is 0 Å². The number of hydrogen-bond acceptors (Lipinski definition) is 3. The van der Waals surface area contributed by atoms with Gasteiger partial charge in [-0.3, -0.25) is 4.90 Å². The van der Waals surface area contributed by atoms with Crippen LogP contribution in [-0.4, -0.2) is 42.7 Å². The molecule has 1 atom stereocenters. The van der Waals surface area contributed by atoms with Crippen LogP contribution in [0.3, 0.4) is 0 Å². The molecule has 0 spiro atoms. The summed E-state index contributed by atoms with van der Waals surface area (Å²) in [5, 5.41) is 0. The summed E-state index contributed by atoms with van der Waals surface area (Å²) >= 11 is 5.96. The normalized spacial score (nSPS) is 23.3. The maximum absolute atomic E-state index is 5.96. The summed E-state index contributed by atoms with van der Waals surface area (Å²) in [5.41, 5.74) is 1.05. The third-order valence-electron chi connectivity index (χ3n) is 3.31. The highest BCUT2D eigenvalue weighted by Gasteiger charge is 2.33. The lowest BCUT2D eigenvalue weighted by atomic mass is 10.0. The Bertz CT molecular complexity index is 422. The van der Waals surface area contributed by atoms with Crippen LogP contribution in [0.2, 0.25) is 0 Å². The van der Waals surface area contributed by atoms with Crippen molar-refractivity contribution in [2.45, 2.75) is 32.1 Å². The van der Waals surface area contributed by atoms with Gasteiger partial charge in [0.2, 0.25) is 0 Å². The summed E-state index contributed by atoms with van der Waals surface area (Å²) in [6.45, 7) is 6.86. The van der Waals surface area contributed by atoms with Crippen LogP contribution in [0.15, 0.2) is 24.3 Å². The van der Waals surface area contributed by atoms with E-state index in [1.54, 1.807) is 7.11 Å². The first kappa shape index (κ1) is 14.6. The van der Waals surface area contributed by atoms with E-state index in [2.05, 4.69) is 24.8 Å². The van der Waals surface area contributed by atoms with Gasteiger partial charge in [-0.25, -0.2) is 0 Å². The number of methoxy groups -OCH3 is 1. The number of halogens is 1. The molecule has 0 saturated carbocycles. The predicted molar refractivity (Wildman–Crippen MR) is 77.9 cm³/mol. The molecular weight excluding hydrogens is 262 g/mol. The summed E-state index contributed by atoms with van der Waals surface area (Å²) in [5.74, 6) is 1.47. The second-order valence-electron chi connectivity index (χ2n) is 5.64. The van der Waals surface area contributed by atoms with Gasteiger partial charge in [0, 0.05) is 31.1 Å². The predicted octanol–water partition coefficient (Wildman–Crippen LogP) is 2.91. The average molecular weight is 284 g/mol. The molecule has 0 aromatic heterocycles. The molecule has 0 radical (unpaired) electrons. The highest BCUT2D eigenvalue weighted by Crippen LogP contribution is 2.25. The van der Waals surface area contributed by atoms with Gasteiger partial charge < -0.3 is 9.47 Å².